The first kappa shape index (κ1) is 16.1. The molecule has 0 fully saturated rings. The summed E-state index contributed by atoms with van der Waals surface area (Å²) in [5.41, 5.74) is 0. The van der Waals surface area contributed by atoms with Gasteiger partial charge in [-0.1, -0.05) is 4.73 Å². The Morgan fingerprint density at radius 2 is 1.75 bits per heavy atom. The van der Waals surface area contributed by atoms with E-state index in [9.17, 15) is 4.53 Å². The molecule has 8 heavy (non-hydrogen) atoms. The molecule has 0 radical (unpaired) electrons. The third-order valence-electron chi connectivity index (χ3n) is 0.0899. The van der Waals surface area contributed by atoms with E-state index in [0.29, 0.717) is 0 Å². The molecule has 0 atom stereocenters. The first-order valence-electron chi connectivity index (χ1n) is 0.919. The Morgan fingerprint density at radius 1 is 1.62 bits per heavy atom. The molecular formula is H3CrFLiO4P. The van der Waals surface area contributed by atoms with E-state index in [4.69, 9.17) is 14.4 Å². The van der Waals surface area contributed by atoms with Crippen molar-refractivity contribution in [2.45, 2.75) is 0 Å². The smallest absolute Gasteiger partial charge is 1.00 e. The first-order chi connectivity index (χ1) is 2.56. The van der Waals surface area contributed by atoms with Crippen molar-refractivity contribution >= 4 is 7.82 Å². The maximum absolute atomic E-state index is 10.2. The quantitative estimate of drug-likeness (QED) is 0.332. The summed E-state index contributed by atoms with van der Waals surface area (Å²) in [6.45, 7) is 0. The molecule has 0 bridgehead atoms. The third-order valence-corrected chi connectivity index (χ3v) is 0.270. The summed E-state index contributed by atoms with van der Waals surface area (Å²) in [5.74, 6) is 0. The van der Waals surface area contributed by atoms with Gasteiger partial charge in [0.05, 0.1) is 0 Å². The molecule has 0 aliphatic carbocycles. The Hall–Kier alpha value is 1.17. The second-order valence-electron chi connectivity index (χ2n) is 0.560. The van der Waals surface area contributed by atoms with Gasteiger partial charge in [-0.3, -0.25) is 0 Å². The molecule has 0 rings (SSSR count). The molecule has 2 N–H and O–H groups in total. The minimum absolute atomic E-state index is 0. The van der Waals surface area contributed by atoms with Crippen LogP contribution in [0.1, 0.15) is 1.43 Å². The van der Waals surface area contributed by atoms with Gasteiger partial charge in [-0.05, 0) is 4.53 Å². The molecule has 8 heteroatoms. The summed E-state index contributed by atoms with van der Waals surface area (Å²) >= 11 is 0. The molecule has 0 saturated heterocycles. The van der Waals surface area contributed by atoms with E-state index < -0.39 is 7.82 Å². The molecule has 0 aliphatic heterocycles. The minimum Gasteiger partial charge on any atom is -1.00 e. The Morgan fingerprint density at radius 3 is 1.75 bits per heavy atom. The Balaban J connectivity index is -0.0000000417. The Bertz CT molecular complexity index is 84.6. The van der Waals surface area contributed by atoms with Crippen LogP contribution < -0.4 is 18.9 Å². The van der Waals surface area contributed by atoms with Crippen LogP contribution in [0.2, 0.25) is 0 Å². The van der Waals surface area contributed by atoms with E-state index in [2.05, 4.69) is 4.73 Å². The summed E-state index contributed by atoms with van der Waals surface area (Å²) in [7, 11) is -4.81. The van der Waals surface area contributed by atoms with Crippen LogP contribution in [0, 0.1) is 0 Å². The van der Waals surface area contributed by atoms with Crippen LogP contribution >= 0.6 is 7.82 Å². The maximum atomic E-state index is 10.2. The predicted octanol–water partition coefficient (Wildman–Crippen LogP) is -2.91. The normalized spacial score (nSPS) is 8.88. The summed E-state index contributed by atoms with van der Waals surface area (Å²) in [5, 5.41) is 0. The minimum atomic E-state index is -4.81. The van der Waals surface area contributed by atoms with E-state index in [1.54, 1.807) is 0 Å². The van der Waals surface area contributed by atoms with Crippen molar-refractivity contribution in [2.75, 3.05) is 0 Å². The average Bonchev–Trinajstić information content (AvgIpc) is 1.35. The third kappa shape index (κ3) is 15.7. The number of phosphoric acid groups is 1. The van der Waals surface area contributed by atoms with Crippen LogP contribution in [0.4, 0.5) is 4.53 Å². The monoisotopic (exact) mass is 176 g/mol. The van der Waals surface area contributed by atoms with Gasteiger partial charge in [-0.25, -0.2) is 4.57 Å². The molecule has 0 unspecified atom stereocenters. The zero-order chi connectivity index (χ0) is 5.21. The van der Waals surface area contributed by atoms with Crippen molar-refractivity contribution in [3.05, 3.63) is 0 Å². The molecular weight excluding hydrogens is 173 g/mol. The van der Waals surface area contributed by atoms with E-state index in [0.717, 1.165) is 0 Å². The molecule has 0 spiro atoms. The summed E-state index contributed by atoms with van der Waals surface area (Å²) in [6, 6.07) is 0. The molecule has 0 aliphatic rings. The van der Waals surface area contributed by atoms with Crippen LogP contribution in [-0.4, -0.2) is 9.79 Å². The van der Waals surface area contributed by atoms with Gasteiger partial charge in [0.2, 0.25) is 0 Å². The van der Waals surface area contributed by atoms with Crippen molar-refractivity contribution in [3.63, 3.8) is 0 Å². The van der Waals surface area contributed by atoms with Crippen LogP contribution in [-0.2, 0) is 26.7 Å². The van der Waals surface area contributed by atoms with Crippen molar-refractivity contribution < 1.29 is 61.3 Å². The van der Waals surface area contributed by atoms with Gasteiger partial charge in [0.1, 0.15) is 0 Å². The fourth-order valence-corrected chi connectivity index (χ4v) is 0. The Labute approximate surface area is 69.3 Å². The van der Waals surface area contributed by atoms with Gasteiger partial charge in [0.15, 0.2) is 0 Å². The second-order valence-corrected chi connectivity index (χ2v) is 1.68. The van der Waals surface area contributed by atoms with Crippen LogP contribution in [0.25, 0.3) is 0 Å². The van der Waals surface area contributed by atoms with E-state index in [1.165, 1.54) is 0 Å². The number of rotatable bonds is 1. The van der Waals surface area contributed by atoms with Crippen molar-refractivity contribution in [3.8, 4) is 0 Å². The Kier molecular flexibility index (Phi) is 12.6. The standard InChI is InChI=1S/Cr.FH2O4P.Li.H/c;1-5-6(2,3)4;;/h;(H2,2,3,4);;/q;;+1;-1. The van der Waals surface area contributed by atoms with E-state index in [-0.39, 0.29) is 37.6 Å². The molecule has 4 nitrogen and oxygen atoms in total. The van der Waals surface area contributed by atoms with Crippen LogP contribution in [0.5, 0.6) is 0 Å². The molecule has 0 aromatic heterocycles. The topological polar surface area (TPSA) is 66.8 Å². The number of halogens is 1. The SMILES string of the molecule is O=P(O)(O)OF.[Cr].[H-].[Li+]. The molecule has 0 heterocycles. The summed E-state index contributed by atoms with van der Waals surface area (Å²) < 4.78 is 21.4. The first-order valence-corrected chi connectivity index (χ1v) is 2.45. The van der Waals surface area contributed by atoms with Crippen molar-refractivity contribution in [1.29, 1.82) is 0 Å². The van der Waals surface area contributed by atoms with E-state index >= 15 is 0 Å². The fraction of sp³-hybridized carbons (Fsp3) is 0. The van der Waals surface area contributed by atoms with Crippen molar-refractivity contribution in [1.82, 2.24) is 0 Å². The maximum Gasteiger partial charge on any atom is 1.00 e. The molecule has 0 aromatic rings. The fourth-order valence-electron chi connectivity index (χ4n) is 0. The van der Waals surface area contributed by atoms with Crippen molar-refractivity contribution in [2.24, 2.45) is 0 Å². The van der Waals surface area contributed by atoms with E-state index in [1.807, 2.05) is 0 Å². The molecule has 0 aromatic carbocycles. The predicted molar refractivity (Wildman–Crippen MR) is 15.3 cm³/mol. The second kappa shape index (κ2) is 6.29. The molecule has 46 valence electrons. The van der Waals surface area contributed by atoms with Gasteiger partial charge >= 0.3 is 26.7 Å². The zero-order valence-electron chi connectivity index (χ0n) is 4.94. The number of hydrogen-bond acceptors (Lipinski definition) is 2. The van der Waals surface area contributed by atoms with Crippen LogP contribution in [0.15, 0.2) is 0 Å². The van der Waals surface area contributed by atoms with Gasteiger partial charge in [0, 0.05) is 17.4 Å². The van der Waals surface area contributed by atoms with Gasteiger partial charge in [-0.2, -0.15) is 0 Å². The van der Waals surface area contributed by atoms with Gasteiger partial charge < -0.3 is 11.2 Å². The van der Waals surface area contributed by atoms with Gasteiger partial charge in [-0.15, -0.1) is 0 Å². The zero-order valence-corrected chi connectivity index (χ0v) is 6.11. The summed E-state index contributed by atoms with van der Waals surface area (Å²) in [4.78, 5) is 14.7. The van der Waals surface area contributed by atoms with Gasteiger partial charge in [0.25, 0.3) is 0 Å². The largest absolute Gasteiger partial charge is 1.00 e. The number of hydrogen-bond donors (Lipinski definition) is 2. The summed E-state index contributed by atoms with van der Waals surface area (Å²) in [6.07, 6.45) is 0. The average molecular weight is 176 g/mol. The van der Waals surface area contributed by atoms with Crippen LogP contribution in [0.3, 0.4) is 0 Å². The molecule has 0 amide bonds. The molecule has 0 saturated carbocycles.